The largest absolute Gasteiger partial charge is 0.461 e. The number of aromatic nitrogens is 4. The summed E-state index contributed by atoms with van der Waals surface area (Å²) in [5.41, 5.74) is 0.757. The van der Waals surface area contributed by atoms with Gasteiger partial charge in [0.15, 0.2) is 11.5 Å². The summed E-state index contributed by atoms with van der Waals surface area (Å²) in [6.07, 6.45) is 0.828. The summed E-state index contributed by atoms with van der Waals surface area (Å²) in [6.45, 7) is 7.22. The van der Waals surface area contributed by atoms with Crippen LogP contribution < -0.4 is 4.90 Å². The van der Waals surface area contributed by atoms with Crippen LogP contribution in [0.15, 0.2) is 12.1 Å². The van der Waals surface area contributed by atoms with E-state index in [0.29, 0.717) is 0 Å². The van der Waals surface area contributed by atoms with E-state index >= 15 is 0 Å². The van der Waals surface area contributed by atoms with E-state index < -0.39 is 0 Å². The SMILES string of the molecule is Cc1nnc2ccc(N3CCN([C@H]4C[C@@H](C)OC4=O)CC3)nn12. The summed E-state index contributed by atoms with van der Waals surface area (Å²) in [5.74, 6) is 1.62. The summed E-state index contributed by atoms with van der Waals surface area (Å²) in [4.78, 5) is 16.3. The number of hydrogen-bond acceptors (Lipinski definition) is 7. The number of carbonyl (C=O) groups is 1. The van der Waals surface area contributed by atoms with Gasteiger partial charge >= 0.3 is 5.97 Å². The lowest BCUT2D eigenvalue weighted by atomic mass is 10.1. The van der Waals surface area contributed by atoms with Gasteiger partial charge in [0, 0.05) is 32.6 Å². The number of carbonyl (C=O) groups excluding carboxylic acids is 1. The van der Waals surface area contributed by atoms with E-state index in [1.807, 2.05) is 26.0 Å². The van der Waals surface area contributed by atoms with Crippen LogP contribution in [0.4, 0.5) is 5.82 Å². The van der Waals surface area contributed by atoms with Gasteiger partial charge in [0.1, 0.15) is 18.0 Å². The molecule has 122 valence electrons. The molecular weight excluding hydrogens is 296 g/mol. The first-order valence-electron chi connectivity index (χ1n) is 8.00. The smallest absolute Gasteiger partial charge is 0.323 e. The second kappa shape index (κ2) is 5.45. The molecule has 0 amide bonds. The van der Waals surface area contributed by atoms with Crippen molar-refractivity contribution in [3.8, 4) is 0 Å². The Balaban J connectivity index is 1.46. The van der Waals surface area contributed by atoms with Crippen LogP contribution in [0.25, 0.3) is 5.65 Å². The number of fused-ring (bicyclic) bond motifs is 1. The van der Waals surface area contributed by atoms with Crippen molar-refractivity contribution in [3.63, 3.8) is 0 Å². The van der Waals surface area contributed by atoms with E-state index in [0.717, 1.165) is 49.9 Å². The fourth-order valence-electron chi connectivity index (χ4n) is 3.35. The van der Waals surface area contributed by atoms with E-state index in [9.17, 15) is 4.79 Å². The minimum Gasteiger partial charge on any atom is -0.461 e. The molecular formula is C15H20N6O2. The molecule has 2 aromatic rings. The van der Waals surface area contributed by atoms with Crippen LogP contribution >= 0.6 is 0 Å². The van der Waals surface area contributed by atoms with Crippen LogP contribution in [-0.4, -0.2) is 69.0 Å². The van der Waals surface area contributed by atoms with Crippen molar-refractivity contribution in [2.24, 2.45) is 0 Å². The average Bonchev–Trinajstić information content (AvgIpc) is 3.10. The van der Waals surface area contributed by atoms with E-state index in [2.05, 4.69) is 25.1 Å². The van der Waals surface area contributed by atoms with Gasteiger partial charge in [-0.2, -0.15) is 4.52 Å². The Morgan fingerprint density at radius 3 is 2.65 bits per heavy atom. The summed E-state index contributed by atoms with van der Waals surface area (Å²) < 4.78 is 7.03. The van der Waals surface area contributed by atoms with Crippen LogP contribution in [0.5, 0.6) is 0 Å². The maximum atomic E-state index is 11.9. The maximum absolute atomic E-state index is 11.9. The predicted octanol–water partition coefficient (Wildman–Crippen LogP) is 0.259. The number of ether oxygens (including phenoxy) is 1. The lowest BCUT2D eigenvalue weighted by molar-refractivity contribution is -0.144. The molecule has 2 fully saturated rings. The van der Waals surface area contributed by atoms with Gasteiger partial charge in [0.25, 0.3) is 0 Å². The van der Waals surface area contributed by atoms with Crippen LogP contribution in [0, 0.1) is 6.92 Å². The third-order valence-electron chi connectivity index (χ3n) is 4.63. The van der Waals surface area contributed by atoms with Gasteiger partial charge in [0.2, 0.25) is 0 Å². The molecule has 2 aliphatic rings. The summed E-state index contributed by atoms with van der Waals surface area (Å²) >= 11 is 0. The zero-order valence-corrected chi connectivity index (χ0v) is 13.3. The van der Waals surface area contributed by atoms with Crippen molar-refractivity contribution in [3.05, 3.63) is 18.0 Å². The van der Waals surface area contributed by atoms with E-state index in [1.165, 1.54) is 0 Å². The highest BCUT2D eigenvalue weighted by Gasteiger charge is 2.37. The van der Waals surface area contributed by atoms with Crippen molar-refractivity contribution in [1.29, 1.82) is 0 Å². The van der Waals surface area contributed by atoms with Crippen molar-refractivity contribution >= 4 is 17.4 Å². The Morgan fingerprint density at radius 1 is 1.17 bits per heavy atom. The highest BCUT2D eigenvalue weighted by atomic mass is 16.6. The van der Waals surface area contributed by atoms with Crippen molar-refractivity contribution in [1.82, 2.24) is 24.7 Å². The summed E-state index contributed by atoms with van der Waals surface area (Å²) in [7, 11) is 0. The van der Waals surface area contributed by atoms with Crippen LogP contribution in [0.2, 0.25) is 0 Å². The van der Waals surface area contributed by atoms with Crippen LogP contribution in [0.3, 0.4) is 0 Å². The molecule has 8 nitrogen and oxygen atoms in total. The lowest BCUT2D eigenvalue weighted by Crippen LogP contribution is -2.52. The lowest BCUT2D eigenvalue weighted by Gasteiger charge is -2.37. The number of esters is 1. The van der Waals surface area contributed by atoms with Crippen LogP contribution in [0.1, 0.15) is 19.2 Å². The first-order valence-corrected chi connectivity index (χ1v) is 8.00. The summed E-state index contributed by atoms with van der Waals surface area (Å²) in [5, 5.41) is 12.7. The predicted molar refractivity (Wildman–Crippen MR) is 83.3 cm³/mol. The van der Waals surface area contributed by atoms with Gasteiger partial charge in [-0.3, -0.25) is 9.69 Å². The number of nitrogens with zero attached hydrogens (tertiary/aromatic N) is 6. The molecule has 2 atom stereocenters. The Morgan fingerprint density at radius 2 is 1.96 bits per heavy atom. The molecule has 0 bridgehead atoms. The van der Waals surface area contributed by atoms with Gasteiger partial charge in [-0.05, 0) is 26.0 Å². The molecule has 0 unspecified atom stereocenters. The van der Waals surface area contributed by atoms with Gasteiger partial charge in [-0.15, -0.1) is 15.3 Å². The minimum absolute atomic E-state index is 0.0336. The number of cyclic esters (lactones) is 1. The average molecular weight is 316 g/mol. The van der Waals surface area contributed by atoms with Gasteiger partial charge in [0.05, 0.1) is 0 Å². The van der Waals surface area contributed by atoms with Gasteiger partial charge in [-0.1, -0.05) is 0 Å². The number of rotatable bonds is 2. The highest BCUT2D eigenvalue weighted by molar-refractivity contribution is 5.78. The fraction of sp³-hybridized carbons (Fsp3) is 0.600. The molecule has 4 rings (SSSR count). The highest BCUT2D eigenvalue weighted by Crippen LogP contribution is 2.22. The third-order valence-corrected chi connectivity index (χ3v) is 4.63. The molecule has 0 aliphatic carbocycles. The van der Waals surface area contributed by atoms with Crippen LogP contribution in [-0.2, 0) is 9.53 Å². The first kappa shape index (κ1) is 14.4. The molecule has 23 heavy (non-hydrogen) atoms. The standard InChI is InChI=1S/C15H20N6O2/c1-10-9-12(15(22)23-10)19-5-7-20(8-6-19)14-4-3-13-17-16-11(2)21(13)18-14/h3-4,10,12H,5-9H2,1-2H3/t10-,12+/m1/s1. The maximum Gasteiger partial charge on any atom is 0.323 e. The molecule has 2 saturated heterocycles. The molecule has 0 saturated carbocycles. The van der Waals surface area contributed by atoms with Gasteiger partial charge in [-0.25, -0.2) is 0 Å². The number of aryl methyl sites for hydroxylation is 1. The number of piperazine rings is 1. The molecule has 4 heterocycles. The summed E-state index contributed by atoms with van der Waals surface area (Å²) in [6, 6.07) is 3.83. The Bertz CT molecular complexity index is 737. The number of hydrogen-bond donors (Lipinski definition) is 0. The third kappa shape index (κ3) is 2.52. The monoisotopic (exact) mass is 316 g/mol. The molecule has 2 aliphatic heterocycles. The van der Waals surface area contributed by atoms with Crippen molar-refractivity contribution in [2.45, 2.75) is 32.4 Å². The molecule has 8 heteroatoms. The molecule has 2 aromatic heterocycles. The van der Waals surface area contributed by atoms with E-state index in [1.54, 1.807) is 4.52 Å². The second-order valence-electron chi connectivity index (χ2n) is 6.23. The Hall–Kier alpha value is -2.22. The van der Waals surface area contributed by atoms with E-state index in [-0.39, 0.29) is 18.1 Å². The quantitative estimate of drug-likeness (QED) is 0.736. The molecule has 0 radical (unpaired) electrons. The molecule has 0 aromatic carbocycles. The Labute approximate surface area is 134 Å². The number of anilines is 1. The first-order chi connectivity index (χ1) is 11.1. The minimum atomic E-state index is -0.0808. The second-order valence-corrected chi connectivity index (χ2v) is 6.23. The van der Waals surface area contributed by atoms with Crippen molar-refractivity contribution in [2.75, 3.05) is 31.1 Å². The Kier molecular flexibility index (Phi) is 3.41. The van der Waals surface area contributed by atoms with Crippen molar-refractivity contribution < 1.29 is 9.53 Å². The fourth-order valence-corrected chi connectivity index (χ4v) is 3.35. The van der Waals surface area contributed by atoms with Gasteiger partial charge < -0.3 is 9.64 Å². The molecule has 0 N–H and O–H groups in total. The normalized spacial score (nSPS) is 26.0. The zero-order valence-electron chi connectivity index (χ0n) is 13.3. The molecule has 0 spiro atoms. The zero-order chi connectivity index (χ0) is 16.0. The van der Waals surface area contributed by atoms with E-state index in [4.69, 9.17) is 4.74 Å². The topological polar surface area (TPSA) is 75.9 Å².